The number of aromatic nitrogens is 2. The van der Waals surface area contributed by atoms with Crippen molar-refractivity contribution in [2.75, 3.05) is 18.0 Å². The van der Waals surface area contributed by atoms with Crippen LogP contribution in [0.2, 0.25) is 0 Å². The Labute approximate surface area is 217 Å². The number of aliphatic hydroxyl groups is 1. The summed E-state index contributed by atoms with van der Waals surface area (Å²) in [5.74, 6) is -0.216. The number of alkyl halides is 2. The third-order valence-electron chi connectivity index (χ3n) is 6.51. The van der Waals surface area contributed by atoms with E-state index in [0.29, 0.717) is 24.3 Å². The summed E-state index contributed by atoms with van der Waals surface area (Å²) in [6, 6.07) is 3.04. The first kappa shape index (κ1) is 25.7. The SMILES string of the molecule is CC(C)(C)OC(=O)N1C2CCC1CN(c1nc3c(OC(F)(F)C(C)(C)O)ccc(-c4cscn4)c3o1)C2. The van der Waals surface area contributed by atoms with Crippen molar-refractivity contribution in [3.05, 3.63) is 23.0 Å². The largest absolute Gasteiger partial charge is 0.444 e. The monoisotopic (exact) mass is 536 g/mol. The number of carbonyl (C=O) groups is 1. The Hall–Kier alpha value is -2.99. The maximum atomic E-state index is 14.6. The Kier molecular flexibility index (Phi) is 6.10. The smallest absolute Gasteiger partial charge is 0.426 e. The van der Waals surface area contributed by atoms with E-state index >= 15 is 0 Å². The van der Waals surface area contributed by atoms with Gasteiger partial charge in [-0.3, -0.25) is 4.90 Å². The minimum atomic E-state index is -3.88. The van der Waals surface area contributed by atoms with E-state index in [1.807, 2.05) is 31.1 Å². The van der Waals surface area contributed by atoms with Gasteiger partial charge in [0.05, 0.1) is 23.3 Å². The lowest BCUT2D eigenvalue weighted by Gasteiger charge is -2.40. The number of carbonyl (C=O) groups excluding carboxylic acids is 1. The maximum absolute atomic E-state index is 14.6. The molecule has 0 radical (unpaired) electrons. The summed E-state index contributed by atoms with van der Waals surface area (Å²) < 4.78 is 46.0. The minimum absolute atomic E-state index is 0.0862. The molecule has 2 aliphatic heterocycles. The van der Waals surface area contributed by atoms with E-state index in [2.05, 4.69) is 9.97 Å². The molecule has 4 heterocycles. The molecular formula is C25H30F2N4O5S. The topological polar surface area (TPSA) is 101 Å². The summed E-state index contributed by atoms with van der Waals surface area (Å²) >= 11 is 1.39. The van der Waals surface area contributed by atoms with Crippen LogP contribution in [-0.4, -0.2) is 68.6 Å². The number of benzene rings is 1. The van der Waals surface area contributed by atoms with Crippen LogP contribution in [-0.2, 0) is 4.74 Å². The maximum Gasteiger partial charge on any atom is 0.426 e. The van der Waals surface area contributed by atoms with Crippen molar-refractivity contribution >= 4 is 34.5 Å². The summed E-state index contributed by atoms with van der Waals surface area (Å²) in [6.45, 7) is 8.38. The second-order valence-corrected chi connectivity index (χ2v) is 11.7. The molecule has 2 fully saturated rings. The molecule has 5 rings (SSSR count). The van der Waals surface area contributed by atoms with Gasteiger partial charge in [0.1, 0.15) is 5.60 Å². The number of nitrogens with zero attached hydrogens (tertiary/aromatic N) is 4. The number of ether oxygens (including phenoxy) is 2. The van der Waals surface area contributed by atoms with Crippen LogP contribution in [0, 0.1) is 0 Å². The molecule has 2 aromatic heterocycles. The highest BCUT2D eigenvalue weighted by atomic mass is 32.1. The first-order chi connectivity index (χ1) is 17.2. The normalized spacial score (nSPS) is 20.5. The van der Waals surface area contributed by atoms with E-state index in [-0.39, 0.29) is 41.0 Å². The Bertz CT molecular complexity index is 1280. The summed E-state index contributed by atoms with van der Waals surface area (Å²) in [7, 11) is 0. The van der Waals surface area contributed by atoms with Crippen molar-refractivity contribution in [1.29, 1.82) is 0 Å². The van der Waals surface area contributed by atoms with Crippen LogP contribution in [0.1, 0.15) is 47.5 Å². The molecule has 1 N–H and O–H groups in total. The number of anilines is 1. The van der Waals surface area contributed by atoms with E-state index < -0.39 is 17.3 Å². The molecule has 2 bridgehead atoms. The Morgan fingerprint density at radius 2 is 1.84 bits per heavy atom. The molecule has 2 saturated heterocycles. The summed E-state index contributed by atoms with van der Waals surface area (Å²) in [5.41, 5.74) is 0.216. The van der Waals surface area contributed by atoms with Crippen molar-refractivity contribution < 1.29 is 32.6 Å². The van der Waals surface area contributed by atoms with Gasteiger partial charge in [-0.05, 0) is 59.6 Å². The number of piperazine rings is 1. The van der Waals surface area contributed by atoms with Crippen molar-refractivity contribution in [2.24, 2.45) is 0 Å². The van der Waals surface area contributed by atoms with E-state index in [9.17, 15) is 18.7 Å². The highest BCUT2D eigenvalue weighted by molar-refractivity contribution is 7.07. The quantitative estimate of drug-likeness (QED) is 0.470. The summed E-state index contributed by atoms with van der Waals surface area (Å²) in [5, 5.41) is 11.7. The third-order valence-corrected chi connectivity index (χ3v) is 7.10. The molecule has 3 aromatic rings. The predicted molar refractivity (Wildman–Crippen MR) is 134 cm³/mol. The Morgan fingerprint density at radius 1 is 1.16 bits per heavy atom. The number of halogens is 2. The van der Waals surface area contributed by atoms with Crippen LogP contribution in [0.5, 0.6) is 5.75 Å². The predicted octanol–water partition coefficient (Wildman–Crippen LogP) is 5.28. The molecule has 0 aliphatic carbocycles. The zero-order chi connectivity index (χ0) is 26.8. The second kappa shape index (κ2) is 8.80. The summed E-state index contributed by atoms with van der Waals surface area (Å²) in [4.78, 5) is 25.4. The average Bonchev–Trinajstić information content (AvgIpc) is 3.50. The van der Waals surface area contributed by atoms with Gasteiger partial charge in [0.2, 0.25) is 0 Å². The number of fused-ring (bicyclic) bond motifs is 3. The number of hydrogen-bond acceptors (Lipinski definition) is 9. The van der Waals surface area contributed by atoms with E-state index in [4.69, 9.17) is 13.9 Å². The lowest BCUT2D eigenvalue weighted by Crippen LogP contribution is -2.56. The van der Waals surface area contributed by atoms with Gasteiger partial charge in [0.15, 0.2) is 22.5 Å². The lowest BCUT2D eigenvalue weighted by molar-refractivity contribution is -0.275. The molecule has 1 aromatic carbocycles. The number of amides is 1. The summed E-state index contributed by atoms with van der Waals surface area (Å²) in [6.07, 6.45) is -2.58. The highest BCUT2D eigenvalue weighted by Gasteiger charge is 2.49. The van der Waals surface area contributed by atoms with Crippen LogP contribution < -0.4 is 9.64 Å². The van der Waals surface area contributed by atoms with Crippen molar-refractivity contribution in [2.45, 2.75) is 76.9 Å². The highest BCUT2D eigenvalue weighted by Crippen LogP contribution is 2.42. The number of rotatable bonds is 5. The van der Waals surface area contributed by atoms with Gasteiger partial charge >= 0.3 is 12.2 Å². The standard InChI is InChI=1S/C25H30F2N4O5S/c1-23(2,3)36-22(32)31-14-6-7-15(31)11-30(10-14)21-29-19-18(35-25(26,27)24(4,5)33)9-8-16(20(19)34-21)17-12-37-13-28-17/h8-9,12-15,33H,6-7,10-11H2,1-5H3. The molecule has 200 valence electrons. The molecule has 0 saturated carbocycles. The molecular weight excluding hydrogens is 506 g/mol. The van der Waals surface area contributed by atoms with Gasteiger partial charge in [0, 0.05) is 24.0 Å². The van der Waals surface area contributed by atoms with Gasteiger partial charge in [-0.25, -0.2) is 9.78 Å². The van der Waals surface area contributed by atoms with E-state index in [1.54, 1.807) is 16.5 Å². The van der Waals surface area contributed by atoms with Gasteiger partial charge in [-0.2, -0.15) is 13.8 Å². The number of hydrogen-bond donors (Lipinski definition) is 1. The van der Waals surface area contributed by atoms with Crippen LogP contribution in [0.3, 0.4) is 0 Å². The average molecular weight is 537 g/mol. The molecule has 12 heteroatoms. The zero-order valence-corrected chi connectivity index (χ0v) is 22.1. The van der Waals surface area contributed by atoms with E-state index in [1.165, 1.54) is 17.4 Å². The van der Waals surface area contributed by atoms with Crippen LogP contribution in [0.4, 0.5) is 19.6 Å². The van der Waals surface area contributed by atoms with Gasteiger partial charge in [-0.15, -0.1) is 11.3 Å². The number of oxazole rings is 1. The van der Waals surface area contributed by atoms with Crippen LogP contribution in [0.15, 0.2) is 27.4 Å². The third kappa shape index (κ3) is 4.84. The molecule has 9 nitrogen and oxygen atoms in total. The van der Waals surface area contributed by atoms with Gasteiger partial charge < -0.3 is 23.9 Å². The van der Waals surface area contributed by atoms with Gasteiger partial charge in [0.25, 0.3) is 6.01 Å². The molecule has 2 atom stereocenters. The van der Waals surface area contributed by atoms with E-state index in [0.717, 1.165) is 26.7 Å². The Morgan fingerprint density at radius 3 is 2.41 bits per heavy atom. The fraction of sp³-hybridized carbons (Fsp3) is 0.560. The van der Waals surface area contributed by atoms with Crippen molar-refractivity contribution in [3.63, 3.8) is 0 Å². The fourth-order valence-electron chi connectivity index (χ4n) is 4.67. The number of thiazole rings is 1. The molecule has 37 heavy (non-hydrogen) atoms. The molecule has 2 unspecified atom stereocenters. The zero-order valence-electron chi connectivity index (χ0n) is 21.3. The van der Waals surface area contributed by atoms with Crippen LogP contribution >= 0.6 is 11.3 Å². The first-order valence-corrected chi connectivity index (χ1v) is 13.1. The van der Waals surface area contributed by atoms with Crippen molar-refractivity contribution in [1.82, 2.24) is 14.9 Å². The molecule has 0 spiro atoms. The first-order valence-electron chi connectivity index (χ1n) is 12.1. The fourth-order valence-corrected chi connectivity index (χ4v) is 5.22. The Balaban J connectivity index is 1.49. The lowest BCUT2D eigenvalue weighted by atomic mass is 10.1. The second-order valence-electron chi connectivity index (χ2n) is 11.0. The van der Waals surface area contributed by atoms with Crippen LogP contribution in [0.25, 0.3) is 22.4 Å². The molecule has 1 amide bonds. The molecule has 2 aliphatic rings. The minimum Gasteiger partial charge on any atom is -0.444 e. The van der Waals surface area contributed by atoms with Gasteiger partial charge in [-0.1, -0.05) is 0 Å². The van der Waals surface area contributed by atoms with Crippen molar-refractivity contribution in [3.8, 4) is 17.0 Å².